The molecule has 9 heteroatoms. The molecular weight excluding hydrogens is 378 g/mol. The second kappa shape index (κ2) is 8.96. The summed E-state index contributed by atoms with van der Waals surface area (Å²) in [5.41, 5.74) is 1.92. The number of hydrogen-bond donors (Lipinski definition) is 1. The number of non-ortho nitro benzene ring substituents is 1. The fraction of sp³-hybridized carbons (Fsp3) is 0.250. The van der Waals surface area contributed by atoms with Crippen LogP contribution in [0.5, 0.6) is 0 Å². The van der Waals surface area contributed by atoms with E-state index in [9.17, 15) is 24.5 Å². The first kappa shape index (κ1) is 21.5. The number of amides is 2. The number of rotatable bonds is 6. The van der Waals surface area contributed by atoms with Crippen LogP contribution in [0.25, 0.3) is 0 Å². The molecule has 2 aromatic rings. The summed E-state index contributed by atoms with van der Waals surface area (Å²) in [5, 5.41) is 13.9. The van der Waals surface area contributed by atoms with Crippen LogP contribution in [0.2, 0.25) is 0 Å². The fourth-order valence-electron chi connectivity index (χ4n) is 2.66. The Balaban J connectivity index is 2.19. The van der Waals surface area contributed by atoms with Crippen LogP contribution in [0.4, 0.5) is 11.4 Å². The van der Waals surface area contributed by atoms with E-state index in [4.69, 9.17) is 0 Å². The lowest BCUT2D eigenvalue weighted by Gasteiger charge is -2.18. The summed E-state index contributed by atoms with van der Waals surface area (Å²) in [6.45, 7) is 3.52. The van der Waals surface area contributed by atoms with Gasteiger partial charge in [0, 0.05) is 30.4 Å². The molecular formula is C20H21N3O6. The highest BCUT2D eigenvalue weighted by atomic mass is 16.6. The Kier molecular flexibility index (Phi) is 6.66. The number of aryl methyl sites for hydroxylation is 1. The Morgan fingerprint density at radius 1 is 1.14 bits per heavy atom. The van der Waals surface area contributed by atoms with Gasteiger partial charge in [-0.3, -0.25) is 19.7 Å². The topological polar surface area (TPSA) is 119 Å². The molecule has 2 aromatic carbocycles. The van der Waals surface area contributed by atoms with E-state index >= 15 is 0 Å². The lowest BCUT2D eigenvalue weighted by molar-refractivity contribution is -0.384. The zero-order valence-corrected chi connectivity index (χ0v) is 16.5. The number of nitro groups is 1. The van der Waals surface area contributed by atoms with E-state index in [0.717, 1.165) is 35.3 Å². The Morgan fingerprint density at radius 2 is 1.79 bits per heavy atom. The molecule has 29 heavy (non-hydrogen) atoms. The number of anilines is 1. The van der Waals surface area contributed by atoms with E-state index in [1.165, 1.54) is 13.1 Å². The van der Waals surface area contributed by atoms with Gasteiger partial charge in [-0.1, -0.05) is 12.1 Å². The van der Waals surface area contributed by atoms with Gasteiger partial charge in [0.05, 0.1) is 24.1 Å². The number of nitro benzene ring substituents is 1. The molecule has 0 aliphatic rings. The highest BCUT2D eigenvalue weighted by molar-refractivity contribution is 6.01. The number of ether oxygens (including phenoxy) is 1. The number of esters is 1. The molecule has 152 valence electrons. The minimum atomic E-state index is -0.807. The predicted octanol–water partition coefficient (Wildman–Crippen LogP) is 2.71. The van der Waals surface area contributed by atoms with E-state index in [1.54, 1.807) is 6.07 Å². The van der Waals surface area contributed by atoms with Crippen molar-refractivity contribution in [1.82, 2.24) is 4.90 Å². The first-order valence-corrected chi connectivity index (χ1v) is 8.63. The first-order valence-electron chi connectivity index (χ1n) is 8.63. The third-order valence-electron chi connectivity index (χ3n) is 4.40. The van der Waals surface area contributed by atoms with Crippen molar-refractivity contribution in [1.29, 1.82) is 0 Å². The van der Waals surface area contributed by atoms with Crippen molar-refractivity contribution in [2.24, 2.45) is 0 Å². The maximum atomic E-state index is 12.7. The number of benzene rings is 2. The molecule has 0 unspecified atom stereocenters. The Labute approximate surface area is 167 Å². The van der Waals surface area contributed by atoms with Gasteiger partial charge in [0.15, 0.2) is 0 Å². The maximum Gasteiger partial charge on any atom is 0.338 e. The van der Waals surface area contributed by atoms with E-state index < -0.39 is 28.4 Å². The Morgan fingerprint density at radius 3 is 2.41 bits per heavy atom. The molecule has 0 saturated heterocycles. The summed E-state index contributed by atoms with van der Waals surface area (Å²) in [6, 6.07) is 8.75. The quantitative estimate of drug-likeness (QED) is 0.453. The molecule has 0 atom stereocenters. The third-order valence-corrected chi connectivity index (χ3v) is 4.40. The number of carbonyl (C=O) groups excluding carboxylic acids is 3. The van der Waals surface area contributed by atoms with Crippen LogP contribution in [0.3, 0.4) is 0 Å². The average molecular weight is 399 g/mol. The second-order valence-electron chi connectivity index (χ2n) is 6.47. The number of carbonyl (C=O) groups is 3. The van der Waals surface area contributed by atoms with Crippen LogP contribution >= 0.6 is 0 Å². The molecule has 0 heterocycles. The molecule has 0 aliphatic carbocycles. The van der Waals surface area contributed by atoms with Crippen molar-refractivity contribution in [2.45, 2.75) is 13.8 Å². The van der Waals surface area contributed by atoms with Crippen LogP contribution in [0.1, 0.15) is 31.8 Å². The lowest BCUT2D eigenvalue weighted by atomic mass is 10.1. The van der Waals surface area contributed by atoms with Gasteiger partial charge in [0.25, 0.3) is 11.6 Å². The molecule has 0 radical (unpaired) electrons. The van der Waals surface area contributed by atoms with E-state index in [-0.39, 0.29) is 17.7 Å². The van der Waals surface area contributed by atoms with Gasteiger partial charge in [-0.2, -0.15) is 0 Å². The molecule has 0 saturated carbocycles. The highest BCUT2D eigenvalue weighted by Gasteiger charge is 2.21. The fourth-order valence-corrected chi connectivity index (χ4v) is 2.66. The van der Waals surface area contributed by atoms with Crippen LogP contribution in [0.15, 0.2) is 36.4 Å². The van der Waals surface area contributed by atoms with Crippen LogP contribution in [-0.2, 0) is 9.53 Å². The van der Waals surface area contributed by atoms with Gasteiger partial charge in [0.2, 0.25) is 5.91 Å². The summed E-state index contributed by atoms with van der Waals surface area (Å²) in [5.74, 6) is -1.87. The second-order valence-corrected chi connectivity index (χ2v) is 6.47. The molecule has 2 amide bonds. The molecule has 0 aromatic heterocycles. The molecule has 0 bridgehead atoms. The van der Waals surface area contributed by atoms with Gasteiger partial charge in [-0.25, -0.2) is 4.79 Å². The Bertz CT molecular complexity index is 986. The van der Waals surface area contributed by atoms with E-state index in [2.05, 4.69) is 10.1 Å². The predicted molar refractivity (Wildman–Crippen MR) is 106 cm³/mol. The molecule has 0 spiro atoms. The zero-order chi connectivity index (χ0) is 21.7. The van der Waals surface area contributed by atoms with Gasteiger partial charge in [-0.15, -0.1) is 0 Å². The molecule has 0 fully saturated rings. The van der Waals surface area contributed by atoms with Crippen molar-refractivity contribution in [2.75, 3.05) is 26.0 Å². The molecule has 1 N–H and O–H groups in total. The van der Waals surface area contributed by atoms with Crippen molar-refractivity contribution in [3.63, 3.8) is 0 Å². The highest BCUT2D eigenvalue weighted by Crippen LogP contribution is 2.20. The van der Waals surface area contributed by atoms with Gasteiger partial charge >= 0.3 is 5.97 Å². The van der Waals surface area contributed by atoms with Crippen molar-refractivity contribution < 1.29 is 24.0 Å². The zero-order valence-electron chi connectivity index (χ0n) is 16.5. The summed E-state index contributed by atoms with van der Waals surface area (Å²) in [6.07, 6.45) is 0. The average Bonchev–Trinajstić information content (AvgIpc) is 2.69. The number of nitrogens with zero attached hydrogens (tertiary/aromatic N) is 2. The van der Waals surface area contributed by atoms with Crippen molar-refractivity contribution in [3.8, 4) is 0 Å². The van der Waals surface area contributed by atoms with Gasteiger partial charge in [0.1, 0.15) is 0 Å². The summed E-state index contributed by atoms with van der Waals surface area (Å²) >= 11 is 0. The summed E-state index contributed by atoms with van der Waals surface area (Å²) < 4.78 is 4.57. The Hall–Kier alpha value is -3.75. The first-order chi connectivity index (χ1) is 13.6. The van der Waals surface area contributed by atoms with E-state index in [0.29, 0.717) is 5.69 Å². The van der Waals surface area contributed by atoms with Crippen molar-refractivity contribution >= 4 is 29.2 Å². The minimum absolute atomic E-state index is 0.0957. The molecule has 9 nitrogen and oxygen atoms in total. The smallest absolute Gasteiger partial charge is 0.338 e. The van der Waals surface area contributed by atoms with Crippen LogP contribution in [-0.4, -0.2) is 48.3 Å². The largest absolute Gasteiger partial charge is 0.465 e. The third kappa shape index (κ3) is 5.16. The SMILES string of the molecule is COC(=O)c1cc(C(=O)N(C)CC(=O)Nc2cccc(C)c2C)cc([N+](=O)[O-])c1. The monoisotopic (exact) mass is 399 g/mol. The number of hydrogen-bond acceptors (Lipinski definition) is 6. The van der Waals surface area contributed by atoms with Crippen LogP contribution in [0, 0.1) is 24.0 Å². The normalized spacial score (nSPS) is 10.2. The van der Waals surface area contributed by atoms with E-state index in [1.807, 2.05) is 26.0 Å². The number of nitrogens with one attached hydrogen (secondary N) is 1. The van der Waals surface area contributed by atoms with Gasteiger partial charge < -0.3 is 15.0 Å². The maximum absolute atomic E-state index is 12.7. The molecule has 0 aliphatic heterocycles. The van der Waals surface area contributed by atoms with Crippen molar-refractivity contribution in [3.05, 3.63) is 68.8 Å². The number of methoxy groups -OCH3 is 1. The summed E-state index contributed by atoms with van der Waals surface area (Å²) in [4.78, 5) is 48.2. The lowest BCUT2D eigenvalue weighted by Crippen LogP contribution is -2.35. The van der Waals surface area contributed by atoms with Crippen LogP contribution < -0.4 is 5.32 Å². The molecule has 2 rings (SSSR count). The summed E-state index contributed by atoms with van der Waals surface area (Å²) in [7, 11) is 2.52. The number of likely N-dealkylation sites (N-methyl/N-ethyl adjacent to an activating group) is 1. The minimum Gasteiger partial charge on any atom is -0.465 e. The van der Waals surface area contributed by atoms with Gasteiger partial charge in [-0.05, 0) is 37.1 Å². The standard InChI is InChI=1S/C20H21N3O6/c1-12-6-5-7-17(13(12)2)21-18(24)11-22(3)19(25)14-8-15(20(26)29-4)10-16(9-14)23(27)28/h5-10H,11H2,1-4H3,(H,21,24).